The molecule has 1 N–H and O–H groups in total. The summed E-state index contributed by atoms with van der Waals surface area (Å²) in [5.41, 5.74) is 0.0131. The van der Waals surface area contributed by atoms with Gasteiger partial charge in [0.1, 0.15) is 0 Å². The lowest BCUT2D eigenvalue weighted by Gasteiger charge is -2.17. The molecule has 0 spiro atoms. The summed E-state index contributed by atoms with van der Waals surface area (Å²) in [6, 6.07) is 7.03. The number of carbonyl (C=O) groups is 1. The van der Waals surface area contributed by atoms with Gasteiger partial charge in [0.15, 0.2) is 5.69 Å². The first kappa shape index (κ1) is 16.6. The van der Waals surface area contributed by atoms with Crippen molar-refractivity contribution in [3.8, 4) is 0 Å². The van der Waals surface area contributed by atoms with Crippen LogP contribution in [0, 0.1) is 5.92 Å². The monoisotopic (exact) mass is 331 g/mol. The van der Waals surface area contributed by atoms with Gasteiger partial charge in [-0.15, -0.1) is 0 Å². The van der Waals surface area contributed by atoms with Gasteiger partial charge in [-0.05, 0) is 12.5 Å². The Bertz CT molecular complexity index is 774. The van der Waals surface area contributed by atoms with Gasteiger partial charge in [0.2, 0.25) is 0 Å². The number of aromatic amines is 1. The van der Waals surface area contributed by atoms with Gasteiger partial charge in [0, 0.05) is 31.5 Å². The SMILES string of the molecule is COCCOCC1CCN(C(=O)c2n[nH]c(=O)c3ccccc23)C1. The summed E-state index contributed by atoms with van der Waals surface area (Å²) in [5, 5.41) is 7.47. The van der Waals surface area contributed by atoms with Crippen LogP contribution in [0.15, 0.2) is 29.1 Å². The molecule has 0 aliphatic carbocycles. The van der Waals surface area contributed by atoms with Crippen molar-refractivity contribution < 1.29 is 14.3 Å². The van der Waals surface area contributed by atoms with Crippen LogP contribution in [-0.4, -0.2) is 61.0 Å². The highest BCUT2D eigenvalue weighted by Gasteiger charge is 2.29. The van der Waals surface area contributed by atoms with E-state index in [0.717, 1.165) is 6.42 Å². The van der Waals surface area contributed by atoms with Crippen LogP contribution in [0.2, 0.25) is 0 Å². The molecule has 0 radical (unpaired) electrons. The van der Waals surface area contributed by atoms with E-state index in [4.69, 9.17) is 9.47 Å². The zero-order chi connectivity index (χ0) is 16.9. The van der Waals surface area contributed by atoms with Gasteiger partial charge in [0.05, 0.1) is 25.2 Å². The third-order valence-corrected chi connectivity index (χ3v) is 4.26. The Morgan fingerprint density at radius 3 is 2.92 bits per heavy atom. The molecular formula is C17H21N3O4. The summed E-state index contributed by atoms with van der Waals surface area (Å²) in [6.07, 6.45) is 0.903. The summed E-state index contributed by atoms with van der Waals surface area (Å²) in [7, 11) is 1.64. The molecular weight excluding hydrogens is 310 g/mol. The Hall–Kier alpha value is -2.25. The fourth-order valence-electron chi connectivity index (χ4n) is 2.97. The van der Waals surface area contributed by atoms with E-state index >= 15 is 0 Å². The maximum Gasteiger partial charge on any atom is 0.274 e. The quantitative estimate of drug-likeness (QED) is 0.800. The number of likely N-dealkylation sites (tertiary alicyclic amines) is 1. The molecule has 1 aromatic carbocycles. The number of fused-ring (bicyclic) bond motifs is 1. The van der Waals surface area contributed by atoms with Gasteiger partial charge in [-0.1, -0.05) is 18.2 Å². The number of methoxy groups -OCH3 is 1. The second-order valence-corrected chi connectivity index (χ2v) is 5.92. The minimum absolute atomic E-state index is 0.151. The minimum atomic E-state index is -0.284. The molecule has 1 saturated heterocycles. The molecule has 1 aliphatic rings. The van der Waals surface area contributed by atoms with E-state index in [1.54, 1.807) is 36.3 Å². The van der Waals surface area contributed by atoms with Crippen LogP contribution in [0.5, 0.6) is 0 Å². The molecule has 1 atom stereocenters. The normalized spacial score (nSPS) is 17.5. The molecule has 7 nitrogen and oxygen atoms in total. The minimum Gasteiger partial charge on any atom is -0.382 e. The molecule has 2 aromatic rings. The molecule has 1 fully saturated rings. The van der Waals surface area contributed by atoms with Crippen LogP contribution in [0.4, 0.5) is 0 Å². The lowest BCUT2D eigenvalue weighted by atomic mass is 10.1. The Morgan fingerprint density at radius 2 is 2.12 bits per heavy atom. The molecule has 0 bridgehead atoms. The predicted octanol–water partition coefficient (Wildman–Crippen LogP) is 1.05. The van der Waals surface area contributed by atoms with Gasteiger partial charge >= 0.3 is 0 Å². The van der Waals surface area contributed by atoms with Crippen molar-refractivity contribution in [2.45, 2.75) is 6.42 Å². The van der Waals surface area contributed by atoms with E-state index in [0.29, 0.717) is 55.3 Å². The fraction of sp³-hybridized carbons (Fsp3) is 0.471. The molecule has 7 heteroatoms. The standard InChI is InChI=1S/C17H21N3O4/c1-23-8-9-24-11-12-6-7-20(10-12)17(22)15-13-4-2-3-5-14(13)16(21)19-18-15/h2-5,12H,6-11H2,1H3,(H,19,21). The molecule has 0 saturated carbocycles. The molecule has 1 amide bonds. The molecule has 1 aliphatic heterocycles. The number of rotatable bonds is 6. The van der Waals surface area contributed by atoms with Crippen LogP contribution in [0.3, 0.4) is 0 Å². The molecule has 128 valence electrons. The number of nitrogens with zero attached hydrogens (tertiary/aromatic N) is 2. The predicted molar refractivity (Wildman–Crippen MR) is 89.1 cm³/mol. The maximum atomic E-state index is 12.8. The molecule has 24 heavy (non-hydrogen) atoms. The van der Waals surface area contributed by atoms with Crippen LogP contribution in [-0.2, 0) is 9.47 Å². The topological polar surface area (TPSA) is 84.5 Å². The third-order valence-electron chi connectivity index (χ3n) is 4.26. The molecule has 1 unspecified atom stereocenters. The first-order valence-corrected chi connectivity index (χ1v) is 8.04. The van der Waals surface area contributed by atoms with E-state index in [1.807, 2.05) is 0 Å². The van der Waals surface area contributed by atoms with Crippen molar-refractivity contribution in [1.82, 2.24) is 15.1 Å². The number of H-pyrrole nitrogens is 1. The van der Waals surface area contributed by atoms with E-state index in [2.05, 4.69) is 10.2 Å². The Morgan fingerprint density at radius 1 is 1.33 bits per heavy atom. The average Bonchev–Trinajstić information content (AvgIpc) is 3.08. The first-order valence-electron chi connectivity index (χ1n) is 8.04. The van der Waals surface area contributed by atoms with Gasteiger partial charge in [0.25, 0.3) is 11.5 Å². The lowest BCUT2D eigenvalue weighted by molar-refractivity contribution is 0.0515. The van der Waals surface area contributed by atoms with E-state index in [-0.39, 0.29) is 11.5 Å². The highest BCUT2D eigenvalue weighted by atomic mass is 16.5. The number of nitrogens with one attached hydrogen (secondary N) is 1. The Balaban J connectivity index is 1.70. The van der Waals surface area contributed by atoms with E-state index in [1.165, 1.54) is 0 Å². The third kappa shape index (κ3) is 3.47. The lowest BCUT2D eigenvalue weighted by Crippen LogP contribution is -2.31. The van der Waals surface area contributed by atoms with Gasteiger partial charge < -0.3 is 14.4 Å². The van der Waals surface area contributed by atoms with Gasteiger partial charge in [-0.25, -0.2) is 5.10 Å². The highest BCUT2D eigenvalue weighted by Crippen LogP contribution is 2.21. The number of amides is 1. The van der Waals surface area contributed by atoms with Crippen molar-refractivity contribution >= 4 is 16.7 Å². The Labute approximate surface area is 139 Å². The van der Waals surface area contributed by atoms with Crippen molar-refractivity contribution in [2.75, 3.05) is 40.0 Å². The summed E-state index contributed by atoms with van der Waals surface area (Å²) >= 11 is 0. The molecule has 2 heterocycles. The largest absolute Gasteiger partial charge is 0.382 e. The average molecular weight is 331 g/mol. The molecule has 1 aromatic heterocycles. The zero-order valence-electron chi connectivity index (χ0n) is 13.7. The summed E-state index contributed by atoms with van der Waals surface area (Å²) in [4.78, 5) is 26.4. The maximum absolute atomic E-state index is 12.8. The van der Waals surface area contributed by atoms with E-state index in [9.17, 15) is 9.59 Å². The second kappa shape index (κ2) is 7.55. The van der Waals surface area contributed by atoms with Crippen LogP contribution < -0.4 is 5.56 Å². The van der Waals surface area contributed by atoms with Crippen molar-refractivity contribution in [3.05, 3.63) is 40.3 Å². The van der Waals surface area contributed by atoms with Crippen molar-refractivity contribution in [2.24, 2.45) is 5.92 Å². The van der Waals surface area contributed by atoms with Crippen LogP contribution in [0.1, 0.15) is 16.9 Å². The fourth-order valence-corrected chi connectivity index (χ4v) is 2.97. The Kier molecular flexibility index (Phi) is 5.22. The zero-order valence-corrected chi connectivity index (χ0v) is 13.7. The number of hydrogen-bond donors (Lipinski definition) is 1. The summed E-state index contributed by atoms with van der Waals surface area (Å²) in [5.74, 6) is 0.168. The smallest absolute Gasteiger partial charge is 0.274 e. The number of carbonyl (C=O) groups excluding carboxylic acids is 1. The van der Waals surface area contributed by atoms with Gasteiger partial charge in [-0.2, -0.15) is 5.10 Å². The van der Waals surface area contributed by atoms with Gasteiger partial charge in [-0.3, -0.25) is 9.59 Å². The highest BCUT2D eigenvalue weighted by molar-refractivity contribution is 6.04. The summed E-state index contributed by atoms with van der Waals surface area (Å²) in [6.45, 7) is 3.07. The van der Waals surface area contributed by atoms with E-state index < -0.39 is 0 Å². The first-order chi connectivity index (χ1) is 11.7. The number of aromatic nitrogens is 2. The van der Waals surface area contributed by atoms with Crippen molar-refractivity contribution in [1.29, 1.82) is 0 Å². The molecule has 3 rings (SSSR count). The van der Waals surface area contributed by atoms with Crippen LogP contribution >= 0.6 is 0 Å². The number of benzene rings is 1. The van der Waals surface area contributed by atoms with Crippen molar-refractivity contribution in [3.63, 3.8) is 0 Å². The van der Waals surface area contributed by atoms with Crippen LogP contribution in [0.25, 0.3) is 10.8 Å². The number of hydrogen-bond acceptors (Lipinski definition) is 5. The summed E-state index contributed by atoms with van der Waals surface area (Å²) < 4.78 is 10.5. The second-order valence-electron chi connectivity index (χ2n) is 5.92. The number of ether oxygens (including phenoxy) is 2.